The second-order valence-electron chi connectivity index (χ2n) is 8.74. The monoisotopic (exact) mass is 573 g/mol. The van der Waals surface area contributed by atoms with Crippen LogP contribution in [-0.4, -0.2) is 34.3 Å². The molecule has 0 unspecified atom stereocenters. The minimum atomic E-state index is -0.282. The molecule has 0 saturated carbocycles. The molecule has 5 nitrogen and oxygen atoms in total. The average molecular weight is 573 g/mol. The number of H-pyrrole nitrogens is 2. The molecular weight excluding hydrogens is 552 g/mol. The molecule has 172 valence electrons. The zero-order chi connectivity index (χ0) is 24.1. The number of benzene rings is 3. The molecule has 3 aromatic carbocycles. The maximum absolute atomic E-state index is 13.9. The summed E-state index contributed by atoms with van der Waals surface area (Å²) in [6.45, 7) is 0. The van der Waals surface area contributed by atoms with Crippen LogP contribution in [0.4, 0.5) is 10.1 Å². The van der Waals surface area contributed by atoms with Gasteiger partial charge in [-0.05, 0) is 88.3 Å². The van der Waals surface area contributed by atoms with E-state index < -0.39 is 0 Å². The highest BCUT2D eigenvalue weighted by atomic mass is 127. The highest BCUT2D eigenvalue weighted by Gasteiger charge is 2.15. The number of hydrogen-bond donors (Lipinski definition) is 2. The topological polar surface area (TPSA) is 60.6 Å². The van der Waals surface area contributed by atoms with E-state index in [1.807, 2.05) is 18.2 Å². The fourth-order valence-electron chi connectivity index (χ4n) is 4.45. The molecule has 3 heterocycles. The summed E-state index contributed by atoms with van der Waals surface area (Å²) in [4.78, 5) is 10.1. The van der Waals surface area contributed by atoms with Gasteiger partial charge in [-0.25, -0.2) is 4.39 Å². The maximum atomic E-state index is 13.9. The van der Waals surface area contributed by atoms with Gasteiger partial charge in [-0.15, -0.1) is 0 Å². The highest BCUT2D eigenvalue weighted by Crippen LogP contribution is 2.35. The molecule has 0 aliphatic rings. The molecule has 6 aromatic rings. The molecule has 0 aliphatic heterocycles. The van der Waals surface area contributed by atoms with Crippen molar-refractivity contribution < 1.29 is 4.39 Å². The van der Waals surface area contributed by atoms with Crippen LogP contribution in [0, 0.1) is 9.39 Å². The van der Waals surface area contributed by atoms with E-state index >= 15 is 0 Å². The fourth-order valence-corrected chi connectivity index (χ4v) is 5.10. The van der Waals surface area contributed by atoms with Crippen molar-refractivity contribution in [2.45, 2.75) is 0 Å². The Labute approximate surface area is 215 Å². The van der Waals surface area contributed by atoms with Crippen LogP contribution in [0.15, 0.2) is 79.0 Å². The molecule has 6 rings (SSSR count). The van der Waals surface area contributed by atoms with Crippen LogP contribution in [0.3, 0.4) is 0 Å². The molecule has 0 fully saturated rings. The molecule has 2 N–H and O–H groups in total. The third-order valence-corrected chi connectivity index (χ3v) is 6.82. The molecule has 0 spiro atoms. The molecule has 0 bridgehead atoms. The van der Waals surface area contributed by atoms with Gasteiger partial charge in [0.2, 0.25) is 0 Å². The number of halogens is 2. The standard InChI is InChI=1S/C28H21FIN5/c1-35(2)21-12-18(11-20(30)14-21)16-6-7-25-22(13-16)28(34-33-25)26-15-23-24(32-26)8-9-31-27(23)17-4-3-5-19(29)10-17/h3-15,32H,1-2H3,(H,33,34). The van der Waals surface area contributed by atoms with E-state index in [9.17, 15) is 4.39 Å². The minimum absolute atomic E-state index is 0.282. The Hall–Kier alpha value is -3.72. The lowest BCUT2D eigenvalue weighted by atomic mass is 10.0. The summed E-state index contributed by atoms with van der Waals surface area (Å²) in [6, 6.07) is 23.4. The number of nitrogens with zero attached hydrogens (tertiary/aromatic N) is 3. The van der Waals surface area contributed by atoms with Crippen molar-refractivity contribution in [2.24, 2.45) is 0 Å². The van der Waals surface area contributed by atoms with E-state index in [1.54, 1.807) is 12.3 Å². The Kier molecular flexibility index (Phi) is 5.29. The smallest absolute Gasteiger partial charge is 0.123 e. The third kappa shape index (κ3) is 3.95. The highest BCUT2D eigenvalue weighted by molar-refractivity contribution is 14.1. The fraction of sp³-hybridized carbons (Fsp3) is 0.0714. The van der Waals surface area contributed by atoms with Gasteiger partial charge in [0, 0.05) is 51.4 Å². The van der Waals surface area contributed by atoms with Crippen LogP contribution in [-0.2, 0) is 0 Å². The van der Waals surface area contributed by atoms with Gasteiger partial charge in [0.1, 0.15) is 11.5 Å². The zero-order valence-corrected chi connectivity index (χ0v) is 21.3. The van der Waals surface area contributed by atoms with Gasteiger partial charge < -0.3 is 9.88 Å². The first-order valence-electron chi connectivity index (χ1n) is 11.2. The Morgan fingerprint density at radius 2 is 1.66 bits per heavy atom. The first-order chi connectivity index (χ1) is 17.0. The summed E-state index contributed by atoms with van der Waals surface area (Å²) in [7, 11) is 4.10. The van der Waals surface area contributed by atoms with E-state index in [0.717, 1.165) is 61.3 Å². The molecule has 0 saturated heterocycles. The summed E-state index contributed by atoms with van der Waals surface area (Å²) < 4.78 is 15.1. The summed E-state index contributed by atoms with van der Waals surface area (Å²) in [5.74, 6) is -0.282. The third-order valence-electron chi connectivity index (χ3n) is 6.20. The number of hydrogen-bond acceptors (Lipinski definition) is 3. The van der Waals surface area contributed by atoms with Crippen LogP contribution in [0.5, 0.6) is 0 Å². The van der Waals surface area contributed by atoms with Crippen LogP contribution in [0.2, 0.25) is 0 Å². The maximum Gasteiger partial charge on any atom is 0.123 e. The summed E-state index contributed by atoms with van der Waals surface area (Å²) in [6.07, 6.45) is 1.74. The predicted molar refractivity (Wildman–Crippen MR) is 149 cm³/mol. The van der Waals surface area contributed by atoms with E-state index in [2.05, 4.69) is 98.1 Å². The first-order valence-corrected chi connectivity index (χ1v) is 12.2. The molecule has 0 atom stereocenters. The van der Waals surface area contributed by atoms with Gasteiger partial charge in [-0.3, -0.25) is 10.1 Å². The molecular formula is C28H21FIN5. The first kappa shape index (κ1) is 21.8. The Morgan fingerprint density at radius 3 is 2.49 bits per heavy atom. The van der Waals surface area contributed by atoms with E-state index in [-0.39, 0.29) is 5.82 Å². The van der Waals surface area contributed by atoms with E-state index in [4.69, 9.17) is 0 Å². The molecule has 0 amide bonds. The Balaban J connectivity index is 1.49. The van der Waals surface area contributed by atoms with Gasteiger partial charge in [0.15, 0.2) is 0 Å². The number of rotatable bonds is 4. The van der Waals surface area contributed by atoms with Crippen molar-refractivity contribution in [1.82, 2.24) is 20.2 Å². The van der Waals surface area contributed by atoms with E-state index in [1.165, 1.54) is 15.7 Å². The van der Waals surface area contributed by atoms with Gasteiger partial charge in [-0.1, -0.05) is 18.2 Å². The van der Waals surface area contributed by atoms with E-state index in [0.29, 0.717) is 0 Å². The molecule has 3 aromatic heterocycles. The van der Waals surface area contributed by atoms with Gasteiger partial charge in [0.05, 0.1) is 16.9 Å². The second-order valence-corrected chi connectivity index (χ2v) is 9.98. The lowest BCUT2D eigenvalue weighted by Gasteiger charge is -2.15. The summed E-state index contributed by atoms with van der Waals surface area (Å²) in [5, 5.41) is 9.74. The van der Waals surface area contributed by atoms with Crippen molar-refractivity contribution in [3.8, 4) is 33.8 Å². The SMILES string of the molecule is CN(C)c1cc(I)cc(-c2ccc3[nH]nc(-c4cc5c(-c6cccc(F)c6)nccc5[nH]4)c3c2)c1. The summed E-state index contributed by atoms with van der Waals surface area (Å²) >= 11 is 2.36. The number of anilines is 1. The Morgan fingerprint density at radius 1 is 0.800 bits per heavy atom. The lowest BCUT2D eigenvalue weighted by Crippen LogP contribution is -2.08. The lowest BCUT2D eigenvalue weighted by molar-refractivity contribution is 0.628. The number of fused-ring (bicyclic) bond motifs is 2. The Bertz CT molecular complexity index is 1720. The van der Waals surface area contributed by atoms with Crippen LogP contribution in [0.25, 0.3) is 55.6 Å². The van der Waals surface area contributed by atoms with Gasteiger partial charge in [0.25, 0.3) is 0 Å². The number of aromatic nitrogens is 4. The summed E-state index contributed by atoms with van der Waals surface area (Å²) in [5.41, 5.74) is 8.52. The number of nitrogens with one attached hydrogen (secondary N) is 2. The van der Waals surface area contributed by atoms with Crippen molar-refractivity contribution in [3.05, 3.63) is 88.4 Å². The van der Waals surface area contributed by atoms with Gasteiger partial charge >= 0.3 is 0 Å². The minimum Gasteiger partial charge on any atom is -0.378 e. The normalized spacial score (nSPS) is 11.4. The zero-order valence-electron chi connectivity index (χ0n) is 19.1. The number of aromatic amines is 2. The molecule has 0 aliphatic carbocycles. The largest absolute Gasteiger partial charge is 0.378 e. The second kappa shape index (κ2) is 8.49. The van der Waals surface area contributed by atoms with Crippen molar-refractivity contribution in [2.75, 3.05) is 19.0 Å². The average Bonchev–Trinajstić information content (AvgIpc) is 3.47. The van der Waals surface area contributed by atoms with Gasteiger partial charge in [-0.2, -0.15) is 5.10 Å². The number of pyridine rings is 1. The molecule has 35 heavy (non-hydrogen) atoms. The molecule has 7 heteroatoms. The quantitative estimate of drug-likeness (QED) is 0.219. The van der Waals surface area contributed by atoms with Crippen LogP contribution in [0.1, 0.15) is 0 Å². The van der Waals surface area contributed by atoms with Crippen LogP contribution < -0.4 is 4.90 Å². The van der Waals surface area contributed by atoms with Crippen LogP contribution >= 0.6 is 22.6 Å². The van der Waals surface area contributed by atoms with Crippen molar-refractivity contribution >= 4 is 50.1 Å². The van der Waals surface area contributed by atoms with Crippen molar-refractivity contribution in [1.29, 1.82) is 0 Å². The predicted octanol–water partition coefficient (Wildman–Crippen LogP) is 7.25. The molecule has 0 radical (unpaired) electrons. The van der Waals surface area contributed by atoms with Crippen molar-refractivity contribution in [3.63, 3.8) is 0 Å².